The molecular weight excluding hydrogens is 312 g/mol. The van der Waals surface area contributed by atoms with Crippen molar-refractivity contribution in [3.63, 3.8) is 0 Å². The van der Waals surface area contributed by atoms with Crippen molar-refractivity contribution in [2.24, 2.45) is 5.92 Å². The van der Waals surface area contributed by atoms with E-state index in [9.17, 15) is 14.4 Å². The zero-order valence-corrected chi connectivity index (χ0v) is 14.2. The molecule has 0 heterocycles. The largest absolute Gasteiger partial charge is 0.480 e. The minimum atomic E-state index is -1.09. The van der Waals surface area contributed by atoms with Gasteiger partial charge in [0.05, 0.1) is 13.2 Å². The van der Waals surface area contributed by atoms with Crippen molar-refractivity contribution in [3.8, 4) is 0 Å². The van der Waals surface area contributed by atoms with E-state index < -0.39 is 23.8 Å². The maximum Gasteiger partial charge on any atom is 0.326 e. The van der Waals surface area contributed by atoms with Crippen molar-refractivity contribution >= 4 is 17.8 Å². The summed E-state index contributed by atoms with van der Waals surface area (Å²) in [6.45, 7) is 3.74. The molecule has 0 aliphatic carbocycles. The van der Waals surface area contributed by atoms with Gasteiger partial charge in [0.25, 0.3) is 5.91 Å². The predicted octanol–water partition coefficient (Wildman–Crippen LogP) is 1.18. The van der Waals surface area contributed by atoms with Gasteiger partial charge in [0.1, 0.15) is 6.04 Å². The molecule has 0 fully saturated rings. The SMILES string of the molecule is COCc1ccccc1C(=O)NCC(=O)N[C@@H](CC(C)C)C(=O)O. The lowest BCUT2D eigenvalue weighted by Crippen LogP contribution is -2.46. The second-order valence-corrected chi connectivity index (χ2v) is 5.86. The minimum Gasteiger partial charge on any atom is -0.480 e. The van der Waals surface area contributed by atoms with Gasteiger partial charge in [0.15, 0.2) is 0 Å². The first-order chi connectivity index (χ1) is 11.3. The van der Waals surface area contributed by atoms with Gasteiger partial charge in [-0.25, -0.2) is 4.79 Å². The Hall–Kier alpha value is -2.41. The second-order valence-electron chi connectivity index (χ2n) is 5.86. The summed E-state index contributed by atoms with van der Waals surface area (Å²) < 4.78 is 5.04. The number of carboxylic acids is 1. The highest BCUT2D eigenvalue weighted by atomic mass is 16.5. The van der Waals surface area contributed by atoms with E-state index in [-0.39, 0.29) is 19.1 Å². The molecule has 0 aromatic heterocycles. The smallest absolute Gasteiger partial charge is 0.326 e. The van der Waals surface area contributed by atoms with E-state index in [0.717, 1.165) is 0 Å². The van der Waals surface area contributed by atoms with Gasteiger partial charge in [-0.05, 0) is 24.0 Å². The molecule has 2 amide bonds. The number of carbonyl (C=O) groups is 3. The van der Waals surface area contributed by atoms with E-state index in [0.29, 0.717) is 17.5 Å². The highest BCUT2D eigenvalue weighted by Gasteiger charge is 2.21. The number of hydrogen-bond acceptors (Lipinski definition) is 4. The van der Waals surface area contributed by atoms with E-state index in [1.54, 1.807) is 24.3 Å². The van der Waals surface area contributed by atoms with E-state index in [1.165, 1.54) is 7.11 Å². The number of methoxy groups -OCH3 is 1. The van der Waals surface area contributed by atoms with Crippen LogP contribution < -0.4 is 10.6 Å². The fraction of sp³-hybridized carbons (Fsp3) is 0.471. The minimum absolute atomic E-state index is 0.127. The van der Waals surface area contributed by atoms with Crippen molar-refractivity contribution in [2.75, 3.05) is 13.7 Å². The van der Waals surface area contributed by atoms with Crippen molar-refractivity contribution < 1.29 is 24.2 Å². The van der Waals surface area contributed by atoms with Gasteiger partial charge in [0, 0.05) is 12.7 Å². The van der Waals surface area contributed by atoms with Crippen molar-refractivity contribution in [3.05, 3.63) is 35.4 Å². The monoisotopic (exact) mass is 336 g/mol. The van der Waals surface area contributed by atoms with Gasteiger partial charge in [0.2, 0.25) is 5.91 Å². The molecule has 0 aliphatic rings. The number of rotatable bonds is 9. The molecular formula is C17H24N2O5. The fourth-order valence-electron chi connectivity index (χ4n) is 2.22. The third-order valence-electron chi connectivity index (χ3n) is 3.31. The van der Waals surface area contributed by atoms with Crippen LogP contribution in [-0.4, -0.2) is 42.6 Å². The first-order valence-corrected chi connectivity index (χ1v) is 7.72. The Morgan fingerprint density at radius 3 is 2.46 bits per heavy atom. The summed E-state index contributed by atoms with van der Waals surface area (Å²) in [5.41, 5.74) is 1.13. The molecule has 0 radical (unpaired) electrons. The maximum absolute atomic E-state index is 12.2. The molecule has 24 heavy (non-hydrogen) atoms. The lowest BCUT2D eigenvalue weighted by atomic mass is 10.0. The third kappa shape index (κ3) is 6.37. The molecule has 3 N–H and O–H groups in total. The number of nitrogens with one attached hydrogen (secondary N) is 2. The molecule has 0 aliphatic heterocycles. The molecule has 132 valence electrons. The van der Waals surface area contributed by atoms with Crippen molar-refractivity contribution in [1.29, 1.82) is 0 Å². The Labute approximate surface area is 141 Å². The van der Waals surface area contributed by atoms with E-state index in [4.69, 9.17) is 9.84 Å². The zero-order valence-electron chi connectivity index (χ0n) is 14.2. The molecule has 0 bridgehead atoms. The summed E-state index contributed by atoms with van der Waals surface area (Å²) in [4.78, 5) is 35.2. The Morgan fingerprint density at radius 1 is 1.21 bits per heavy atom. The third-order valence-corrected chi connectivity index (χ3v) is 3.31. The molecule has 1 rings (SSSR count). The Morgan fingerprint density at radius 2 is 1.88 bits per heavy atom. The van der Waals surface area contributed by atoms with Crippen LogP contribution in [0.5, 0.6) is 0 Å². The summed E-state index contributed by atoms with van der Waals surface area (Å²) in [6.07, 6.45) is 0.325. The van der Waals surface area contributed by atoms with Crippen LogP contribution in [-0.2, 0) is 20.9 Å². The molecule has 1 atom stereocenters. The van der Waals surface area contributed by atoms with Gasteiger partial charge >= 0.3 is 5.97 Å². The molecule has 1 aromatic rings. The van der Waals surface area contributed by atoms with Gasteiger partial charge in [-0.15, -0.1) is 0 Å². The van der Waals surface area contributed by atoms with Crippen LogP contribution in [0.3, 0.4) is 0 Å². The summed E-state index contributed by atoms with van der Waals surface area (Å²) in [6, 6.07) is 5.95. The van der Waals surface area contributed by atoms with Crippen LogP contribution >= 0.6 is 0 Å². The Kier molecular flexibility index (Phi) is 7.91. The highest BCUT2D eigenvalue weighted by Crippen LogP contribution is 2.09. The second kappa shape index (κ2) is 9.67. The predicted molar refractivity (Wildman–Crippen MR) is 88.5 cm³/mol. The maximum atomic E-state index is 12.2. The molecule has 0 spiro atoms. The number of ether oxygens (including phenoxy) is 1. The molecule has 0 unspecified atom stereocenters. The molecule has 0 saturated heterocycles. The molecule has 1 aromatic carbocycles. The first-order valence-electron chi connectivity index (χ1n) is 7.72. The van der Waals surface area contributed by atoms with Crippen LogP contribution in [0.25, 0.3) is 0 Å². The van der Waals surface area contributed by atoms with Crippen LogP contribution in [0.15, 0.2) is 24.3 Å². The van der Waals surface area contributed by atoms with Gasteiger partial charge in [-0.2, -0.15) is 0 Å². The topological polar surface area (TPSA) is 105 Å². The van der Waals surface area contributed by atoms with E-state index in [2.05, 4.69) is 10.6 Å². The fourth-order valence-corrected chi connectivity index (χ4v) is 2.22. The summed E-state index contributed by atoms with van der Waals surface area (Å²) in [7, 11) is 1.53. The summed E-state index contributed by atoms with van der Waals surface area (Å²) >= 11 is 0. The van der Waals surface area contributed by atoms with E-state index >= 15 is 0 Å². The van der Waals surface area contributed by atoms with Gasteiger partial charge < -0.3 is 20.5 Å². The molecule has 0 saturated carbocycles. The highest BCUT2D eigenvalue weighted by molar-refractivity contribution is 5.98. The summed E-state index contributed by atoms with van der Waals surface area (Å²) in [5.74, 6) is -1.91. The number of aliphatic carboxylic acids is 1. The lowest BCUT2D eigenvalue weighted by molar-refractivity contribution is -0.142. The van der Waals surface area contributed by atoms with Crippen LogP contribution in [0.1, 0.15) is 36.2 Å². The number of amides is 2. The normalized spacial score (nSPS) is 11.8. The average molecular weight is 336 g/mol. The zero-order chi connectivity index (χ0) is 18.1. The van der Waals surface area contributed by atoms with Gasteiger partial charge in [-0.3, -0.25) is 9.59 Å². The van der Waals surface area contributed by atoms with Crippen molar-refractivity contribution in [1.82, 2.24) is 10.6 Å². The molecule has 7 nitrogen and oxygen atoms in total. The average Bonchev–Trinajstić information content (AvgIpc) is 2.52. The van der Waals surface area contributed by atoms with Crippen LogP contribution in [0.2, 0.25) is 0 Å². The lowest BCUT2D eigenvalue weighted by Gasteiger charge is -2.16. The van der Waals surface area contributed by atoms with Crippen molar-refractivity contribution in [2.45, 2.75) is 32.9 Å². The number of carboxylic acid groups (broad SMARTS) is 1. The number of hydrogen-bond donors (Lipinski definition) is 3. The van der Waals surface area contributed by atoms with Gasteiger partial charge in [-0.1, -0.05) is 32.0 Å². The van der Waals surface area contributed by atoms with Crippen LogP contribution in [0.4, 0.5) is 0 Å². The number of benzene rings is 1. The van der Waals surface area contributed by atoms with E-state index in [1.807, 2.05) is 13.8 Å². The Balaban J connectivity index is 2.60. The first kappa shape index (κ1) is 19.6. The summed E-state index contributed by atoms with van der Waals surface area (Å²) in [5, 5.41) is 14.0. The quantitative estimate of drug-likeness (QED) is 0.628. The standard InChI is InChI=1S/C17H24N2O5/c1-11(2)8-14(17(22)23)19-15(20)9-18-16(21)13-7-5-4-6-12(13)10-24-3/h4-7,11,14H,8-10H2,1-3H3,(H,18,21)(H,19,20)(H,22,23)/t14-/m0/s1. The van der Waals surface area contributed by atoms with Crippen LogP contribution in [0, 0.1) is 5.92 Å². The molecule has 7 heteroatoms. The number of carbonyl (C=O) groups excluding carboxylic acids is 2. The Bertz CT molecular complexity index is 586.